The van der Waals surface area contributed by atoms with E-state index < -0.39 is 0 Å². The van der Waals surface area contributed by atoms with Crippen molar-refractivity contribution in [3.05, 3.63) is 24.3 Å². The molecule has 8 heteroatoms. The molecule has 1 saturated heterocycles. The van der Waals surface area contributed by atoms with Gasteiger partial charge in [-0.15, -0.1) is 24.0 Å². The van der Waals surface area contributed by atoms with Crippen LogP contribution in [0.1, 0.15) is 19.3 Å². The lowest BCUT2D eigenvalue weighted by Crippen LogP contribution is -2.43. The average molecular weight is 506 g/mol. The molecule has 0 aliphatic carbocycles. The van der Waals surface area contributed by atoms with Crippen molar-refractivity contribution >= 4 is 35.6 Å². The molecule has 1 aliphatic heterocycles. The van der Waals surface area contributed by atoms with Crippen molar-refractivity contribution in [1.29, 1.82) is 0 Å². The first-order valence-electron chi connectivity index (χ1n) is 9.69. The van der Waals surface area contributed by atoms with E-state index in [4.69, 9.17) is 14.2 Å². The summed E-state index contributed by atoms with van der Waals surface area (Å²) in [5.74, 6) is 1.61. The second kappa shape index (κ2) is 14.8. The van der Waals surface area contributed by atoms with Gasteiger partial charge in [-0.25, -0.2) is 0 Å². The molecule has 1 atom stereocenters. The van der Waals surface area contributed by atoms with Crippen molar-refractivity contribution < 1.29 is 14.2 Å². The number of nitrogens with zero attached hydrogens (tertiary/aromatic N) is 2. The van der Waals surface area contributed by atoms with Crippen molar-refractivity contribution in [2.24, 2.45) is 4.99 Å². The van der Waals surface area contributed by atoms with Gasteiger partial charge < -0.3 is 24.8 Å². The standard InChI is InChI=1S/C20H34N4O3.HI/c1-21-20(22-16-18-8-5-10-24(18)11-14-26-3)23-17-7-4-9-19(15-17)27-13-6-12-25-2;/h4,7,9,15,18H,5-6,8,10-14,16H2,1-3H3,(H2,21,22,23);1H. The van der Waals surface area contributed by atoms with Crippen molar-refractivity contribution in [2.75, 3.05) is 66.0 Å². The Morgan fingerprint density at radius 3 is 2.79 bits per heavy atom. The molecule has 1 unspecified atom stereocenters. The third kappa shape index (κ3) is 8.93. The first-order valence-corrected chi connectivity index (χ1v) is 9.69. The van der Waals surface area contributed by atoms with E-state index in [9.17, 15) is 0 Å². The van der Waals surface area contributed by atoms with Crippen LogP contribution in [0.5, 0.6) is 5.75 Å². The first kappa shape index (κ1) is 24.9. The van der Waals surface area contributed by atoms with Crippen LogP contribution >= 0.6 is 24.0 Å². The molecule has 1 aromatic rings. The quantitative estimate of drug-likeness (QED) is 0.208. The molecule has 2 N–H and O–H groups in total. The molecule has 0 spiro atoms. The van der Waals surface area contributed by atoms with Crippen LogP contribution in [0.15, 0.2) is 29.3 Å². The second-order valence-corrected chi connectivity index (χ2v) is 6.63. The summed E-state index contributed by atoms with van der Waals surface area (Å²) < 4.78 is 16.0. The normalized spacial score (nSPS) is 17.2. The van der Waals surface area contributed by atoms with Crippen LogP contribution in [0.2, 0.25) is 0 Å². The number of aliphatic imine (C=N–C) groups is 1. The summed E-state index contributed by atoms with van der Waals surface area (Å²) in [5.41, 5.74) is 0.954. The van der Waals surface area contributed by atoms with Gasteiger partial charge in [0.15, 0.2) is 5.96 Å². The van der Waals surface area contributed by atoms with E-state index >= 15 is 0 Å². The minimum absolute atomic E-state index is 0. The van der Waals surface area contributed by atoms with Crippen molar-refractivity contribution in [2.45, 2.75) is 25.3 Å². The molecular formula is C20H35IN4O3. The molecule has 1 heterocycles. The number of methoxy groups -OCH3 is 2. The van der Waals surface area contributed by atoms with Gasteiger partial charge in [-0.05, 0) is 31.5 Å². The third-order valence-electron chi connectivity index (χ3n) is 4.67. The van der Waals surface area contributed by atoms with Crippen molar-refractivity contribution in [1.82, 2.24) is 10.2 Å². The Kier molecular flexibility index (Phi) is 13.2. The third-order valence-corrected chi connectivity index (χ3v) is 4.67. The highest BCUT2D eigenvalue weighted by Crippen LogP contribution is 2.18. The second-order valence-electron chi connectivity index (χ2n) is 6.63. The maximum atomic E-state index is 5.76. The van der Waals surface area contributed by atoms with Gasteiger partial charge in [0.25, 0.3) is 0 Å². The zero-order valence-corrected chi connectivity index (χ0v) is 19.6. The number of ether oxygens (including phenoxy) is 3. The lowest BCUT2D eigenvalue weighted by molar-refractivity contribution is 0.141. The Morgan fingerprint density at radius 2 is 2.04 bits per heavy atom. The Bertz CT molecular complexity index is 574. The Labute approximate surface area is 186 Å². The van der Waals surface area contributed by atoms with Crippen LogP contribution in [0.3, 0.4) is 0 Å². The first-order chi connectivity index (χ1) is 13.3. The summed E-state index contributed by atoms with van der Waals surface area (Å²) in [5, 5.41) is 6.79. The Morgan fingerprint density at radius 1 is 1.21 bits per heavy atom. The molecule has 28 heavy (non-hydrogen) atoms. The van der Waals surface area contributed by atoms with E-state index in [1.165, 1.54) is 12.8 Å². The van der Waals surface area contributed by atoms with Crippen LogP contribution in [-0.2, 0) is 9.47 Å². The number of nitrogens with one attached hydrogen (secondary N) is 2. The maximum absolute atomic E-state index is 5.76. The van der Waals surface area contributed by atoms with Crippen molar-refractivity contribution in [3.8, 4) is 5.75 Å². The number of guanidine groups is 1. The number of hydrogen-bond acceptors (Lipinski definition) is 5. The number of benzene rings is 1. The Hall–Kier alpha value is -1.10. The van der Waals surface area contributed by atoms with Crippen LogP contribution < -0.4 is 15.4 Å². The summed E-state index contributed by atoms with van der Waals surface area (Å²) in [6.45, 7) is 5.12. The largest absolute Gasteiger partial charge is 0.493 e. The average Bonchev–Trinajstić information content (AvgIpc) is 3.14. The molecule has 1 aliphatic rings. The van der Waals surface area contributed by atoms with Crippen molar-refractivity contribution in [3.63, 3.8) is 0 Å². The van der Waals surface area contributed by atoms with Gasteiger partial charge in [0.05, 0.1) is 13.2 Å². The highest BCUT2D eigenvalue weighted by Gasteiger charge is 2.23. The molecule has 160 valence electrons. The summed E-state index contributed by atoms with van der Waals surface area (Å²) in [4.78, 5) is 6.83. The highest BCUT2D eigenvalue weighted by molar-refractivity contribution is 14.0. The lowest BCUT2D eigenvalue weighted by atomic mass is 10.2. The van der Waals surface area contributed by atoms with Gasteiger partial charge in [-0.1, -0.05) is 6.07 Å². The topological polar surface area (TPSA) is 67.4 Å². The summed E-state index contributed by atoms with van der Waals surface area (Å²) in [7, 11) is 5.24. The predicted octanol–water partition coefficient (Wildman–Crippen LogP) is 2.82. The maximum Gasteiger partial charge on any atom is 0.195 e. The molecule has 0 radical (unpaired) electrons. The monoisotopic (exact) mass is 506 g/mol. The molecule has 0 bridgehead atoms. The molecular weight excluding hydrogens is 471 g/mol. The molecule has 0 amide bonds. The van der Waals surface area contributed by atoms with Crippen LogP contribution in [-0.4, -0.2) is 77.6 Å². The van der Waals surface area contributed by atoms with Gasteiger partial charge in [-0.2, -0.15) is 0 Å². The van der Waals surface area contributed by atoms with Gasteiger partial charge >= 0.3 is 0 Å². The van der Waals surface area contributed by atoms with Gasteiger partial charge in [-0.3, -0.25) is 9.89 Å². The molecule has 7 nitrogen and oxygen atoms in total. The van der Waals surface area contributed by atoms with Crippen LogP contribution in [0, 0.1) is 0 Å². The number of likely N-dealkylation sites (tertiary alicyclic amines) is 1. The number of halogens is 1. The zero-order chi connectivity index (χ0) is 19.3. The fourth-order valence-corrected chi connectivity index (χ4v) is 3.22. The van der Waals surface area contributed by atoms with Crippen LogP contribution in [0.25, 0.3) is 0 Å². The molecule has 1 fully saturated rings. The minimum atomic E-state index is 0. The van der Waals surface area contributed by atoms with E-state index in [1.807, 2.05) is 24.3 Å². The van der Waals surface area contributed by atoms with E-state index in [1.54, 1.807) is 21.3 Å². The van der Waals surface area contributed by atoms with E-state index in [2.05, 4.69) is 20.5 Å². The van der Waals surface area contributed by atoms with Crippen LogP contribution in [0.4, 0.5) is 5.69 Å². The number of rotatable bonds is 11. The molecule has 2 rings (SSSR count). The minimum Gasteiger partial charge on any atom is -0.493 e. The molecule has 1 aromatic carbocycles. The summed E-state index contributed by atoms with van der Waals surface area (Å²) >= 11 is 0. The number of anilines is 1. The summed E-state index contributed by atoms with van der Waals surface area (Å²) in [6.07, 6.45) is 3.32. The molecule has 0 saturated carbocycles. The van der Waals surface area contributed by atoms with E-state index in [0.717, 1.165) is 50.1 Å². The number of hydrogen-bond donors (Lipinski definition) is 2. The van der Waals surface area contributed by atoms with Gasteiger partial charge in [0, 0.05) is 65.2 Å². The SMILES string of the molecule is CN=C(NCC1CCCN1CCOC)Nc1cccc(OCCCOC)c1.I. The smallest absolute Gasteiger partial charge is 0.195 e. The Balaban J connectivity index is 0.00000392. The summed E-state index contributed by atoms with van der Waals surface area (Å²) in [6, 6.07) is 8.45. The van der Waals surface area contributed by atoms with Gasteiger partial charge in [0.2, 0.25) is 0 Å². The lowest BCUT2D eigenvalue weighted by Gasteiger charge is -2.25. The molecule has 0 aromatic heterocycles. The van der Waals surface area contributed by atoms with Gasteiger partial charge in [0.1, 0.15) is 5.75 Å². The fourth-order valence-electron chi connectivity index (χ4n) is 3.22. The highest BCUT2D eigenvalue weighted by atomic mass is 127. The van der Waals surface area contributed by atoms with E-state index in [0.29, 0.717) is 19.3 Å². The van der Waals surface area contributed by atoms with E-state index in [-0.39, 0.29) is 24.0 Å². The fraction of sp³-hybridized carbons (Fsp3) is 0.650. The zero-order valence-electron chi connectivity index (χ0n) is 17.3. The predicted molar refractivity (Wildman–Crippen MR) is 125 cm³/mol.